The molecule has 0 spiro atoms. The first-order chi connectivity index (χ1) is 6.42. The number of hydrogen-bond acceptors (Lipinski definition) is 0. The van der Waals surface area contributed by atoms with Crippen molar-refractivity contribution in [3.8, 4) is 12.3 Å². The molecule has 2 rings (SSSR count). The molecule has 0 radical (unpaired) electrons. The average Bonchev–Trinajstić information content (AvgIpc) is 2.58. The summed E-state index contributed by atoms with van der Waals surface area (Å²) in [4.78, 5) is 3.18. The quantitative estimate of drug-likeness (QED) is 0.628. The second kappa shape index (κ2) is 3.20. The maximum atomic E-state index is 5.14. The SMILES string of the molecule is C#C/C=C/c1c[nH]c2ccccc12. The molecule has 1 heterocycles. The van der Waals surface area contributed by atoms with Crippen molar-refractivity contribution >= 4 is 17.0 Å². The fourth-order valence-corrected chi connectivity index (χ4v) is 1.37. The fraction of sp³-hybridized carbons (Fsp3) is 0. The predicted octanol–water partition coefficient (Wildman–Crippen LogP) is 2.81. The van der Waals surface area contributed by atoms with Crippen molar-refractivity contribution in [3.63, 3.8) is 0 Å². The number of para-hydroxylation sites is 1. The summed E-state index contributed by atoms with van der Waals surface area (Å²) in [6, 6.07) is 8.14. The smallest absolute Gasteiger partial charge is 0.0460 e. The molecule has 62 valence electrons. The highest BCUT2D eigenvalue weighted by Gasteiger charge is 1.97. The molecular formula is C12H9N. The Bertz CT molecular complexity index is 483. The zero-order valence-corrected chi connectivity index (χ0v) is 7.12. The minimum Gasteiger partial charge on any atom is -0.361 e. The molecule has 0 amide bonds. The molecule has 2 aromatic rings. The van der Waals surface area contributed by atoms with E-state index < -0.39 is 0 Å². The van der Waals surface area contributed by atoms with Crippen molar-refractivity contribution < 1.29 is 0 Å². The molecule has 0 fully saturated rings. The lowest BCUT2D eigenvalue weighted by molar-refractivity contribution is 1.47. The Morgan fingerprint density at radius 1 is 1.31 bits per heavy atom. The van der Waals surface area contributed by atoms with Crippen LogP contribution in [0.5, 0.6) is 0 Å². The topological polar surface area (TPSA) is 15.8 Å². The summed E-state index contributed by atoms with van der Waals surface area (Å²) in [5.74, 6) is 2.48. The first kappa shape index (κ1) is 7.70. The average molecular weight is 167 g/mol. The van der Waals surface area contributed by atoms with Gasteiger partial charge >= 0.3 is 0 Å². The zero-order chi connectivity index (χ0) is 9.10. The first-order valence-corrected chi connectivity index (χ1v) is 4.10. The molecule has 0 aliphatic heterocycles. The van der Waals surface area contributed by atoms with Crippen molar-refractivity contribution in [1.29, 1.82) is 0 Å². The Kier molecular flexibility index (Phi) is 1.90. The maximum Gasteiger partial charge on any atom is 0.0460 e. The highest BCUT2D eigenvalue weighted by Crippen LogP contribution is 2.18. The van der Waals surface area contributed by atoms with Gasteiger partial charge in [0, 0.05) is 22.7 Å². The van der Waals surface area contributed by atoms with E-state index in [0.717, 1.165) is 11.1 Å². The molecule has 0 bridgehead atoms. The van der Waals surface area contributed by atoms with E-state index >= 15 is 0 Å². The third-order valence-corrected chi connectivity index (χ3v) is 1.98. The monoisotopic (exact) mass is 167 g/mol. The summed E-state index contributed by atoms with van der Waals surface area (Å²) < 4.78 is 0. The van der Waals surface area contributed by atoms with Gasteiger partial charge in [0.1, 0.15) is 0 Å². The molecule has 0 unspecified atom stereocenters. The summed E-state index contributed by atoms with van der Waals surface area (Å²) in [6.45, 7) is 0. The van der Waals surface area contributed by atoms with Gasteiger partial charge in [-0.1, -0.05) is 24.1 Å². The van der Waals surface area contributed by atoms with Gasteiger partial charge in [-0.25, -0.2) is 0 Å². The number of allylic oxidation sites excluding steroid dienone is 1. The Morgan fingerprint density at radius 3 is 3.00 bits per heavy atom. The molecule has 1 aromatic carbocycles. The maximum absolute atomic E-state index is 5.14. The summed E-state index contributed by atoms with van der Waals surface area (Å²) in [5, 5.41) is 1.20. The summed E-state index contributed by atoms with van der Waals surface area (Å²) in [7, 11) is 0. The van der Waals surface area contributed by atoms with E-state index in [1.54, 1.807) is 6.08 Å². The number of terminal acetylenes is 1. The normalized spacial score (nSPS) is 10.7. The van der Waals surface area contributed by atoms with E-state index in [1.807, 2.05) is 30.5 Å². The Labute approximate surface area is 77.1 Å². The number of hydrogen-bond donors (Lipinski definition) is 1. The van der Waals surface area contributed by atoms with Gasteiger partial charge < -0.3 is 4.98 Å². The van der Waals surface area contributed by atoms with Crippen molar-refractivity contribution in [1.82, 2.24) is 4.98 Å². The first-order valence-electron chi connectivity index (χ1n) is 4.10. The van der Waals surface area contributed by atoms with Gasteiger partial charge in [0.15, 0.2) is 0 Å². The molecule has 1 heteroatoms. The lowest BCUT2D eigenvalue weighted by Gasteiger charge is -1.88. The van der Waals surface area contributed by atoms with Crippen LogP contribution in [0.2, 0.25) is 0 Å². The third-order valence-electron chi connectivity index (χ3n) is 1.98. The van der Waals surface area contributed by atoms with Crippen LogP contribution in [-0.2, 0) is 0 Å². The van der Waals surface area contributed by atoms with Crippen LogP contribution in [0.15, 0.2) is 36.5 Å². The van der Waals surface area contributed by atoms with E-state index in [0.29, 0.717) is 0 Å². The van der Waals surface area contributed by atoms with Gasteiger partial charge in [0.05, 0.1) is 0 Å². The molecule has 0 aliphatic carbocycles. The Balaban J connectivity index is 2.59. The van der Waals surface area contributed by atoms with Crippen LogP contribution >= 0.6 is 0 Å². The van der Waals surface area contributed by atoms with Gasteiger partial charge in [-0.15, -0.1) is 6.42 Å². The molecule has 0 saturated heterocycles. The lowest BCUT2D eigenvalue weighted by Crippen LogP contribution is -1.66. The molecule has 0 atom stereocenters. The highest BCUT2D eigenvalue weighted by molar-refractivity contribution is 5.88. The van der Waals surface area contributed by atoms with Crippen LogP contribution in [-0.4, -0.2) is 4.98 Å². The van der Waals surface area contributed by atoms with Crippen molar-refractivity contribution in [2.45, 2.75) is 0 Å². The summed E-state index contributed by atoms with van der Waals surface area (Å²) >= 11 is 0. The van der Waals surface area contributed by atoms with Gasteiger partial charge in [-0.3, -0.25) is 0 Å². The summed E-state index contributed by atoms with van der Waals surface area (Å²) in [6.07, 6.45) is 10.7. The minimum absolute atomic E-state index is 1.13. The van der Waals surface area contributed by atoms with E-state index in [2.05, 4.69) is 17.0 Å². The van der Waals surface area contributed by atoms with Crippen molar-refractivity contribution in [3.05, 3.63) is 42.1 Å². The lowest BCUT2D eigenvalue weighted by atomic mass is 10.2. The third kappa shape index (κ3) is 1.34. The molecule has 1 nitrogen and oxygen atoms in total. The Hall–Kier alpha value is -1.94. The number of fused-ring (bicyclic) bond motifs is 1. The second-order valence-electron chi connectivity index (χ2n) is 2.79. The van der Waals surface area contributed by atoms with E-state index in [-0.39, 0.29) is 0 Å². The highest BCUT2D eigenvalue weighted by atomic mass is 14.7. The fourth-order valence-electron chi connectivity index (χ4n) is 1.37. The van der Waals surface area contributed by atoms with Crippen molar-refractivity contribution in [2.24, 2.45) is 0 Å². The Morgan fingerprint density at radius 2 is 2.15 bits per heavy atom. The second-order valence-corrected chi connectivity index (χ2v) is 2.79. The number of aromatic nitrogens is 1. The van der Waals surface area contributed by atoms with Gasteiger partial charge in [0.2, 0.25) is 0 Å². The minimum atomic E-state index is 1.13. The van der Waals surface area contributed by atoms with Crippen molar-refractivity contribution in [2.75, 3.05) is 0 Å². The van der Waals surface area contributed by atoms with Gasteiger partial charge in [0.25, 0.3) is 0 Å². The number of rotatable bonds is 1. The number of nitrogens with one attached hydrogen (secondary N) is 1. The van der Waals surface area contributed by atoms with Gasteiger partial charge in [-0.05, 0) is 18.2 Å². The van der Waals surface area contributed by atoms with Crippen LogP contribution in [0.3, 0.4) is 0 Å². The van der Waals surface area contributed by atoms with E-state index in [1.165, 1.54) is 5.39 Å². The van der Waals surface area contributed by atoms with E-state index in [9.17, 15) is 0 Å². The standard InChI is InChI=1S/C12H9N/c1-2-3-6-10-9-13-12-8-5-4-7-11(10)12/h1,3-9,13H/b6-3+. The van der Waals surface area contributed by atoms with Crippen LogP contribution in [0, 0.1) is 12.3 Å². The number of benzene rings is 1. The number of H-pyrrole nitrogens is 1. The predicted molar refractivity (Wildman–Crippen MR) is 56.2 cm³/mol. The summed E-state index contributed by atoms with van der Waals surface area (Å²) in [5.41, 5.74) is 2.27. The molecule has 0 aliphatic rings. The molecule has 0 saturated carbocycles. The largest absolute Gasteiger partial charge is 0.361 e. The molecule has 1 N–H and O–H groups in total. The molecular weight excluding hydrogens is 158 g/mol. The van der Waals surface area contributed by atoms with Crippen LogP contribution < -0.4 is 0 Å². The zero-order valence-electron chi connectivity index (χ0n) is 7.12. The van der Waals surface area contributed by atoms with Gasteiger partial charge in [-0.2, -0.15) is 0 Å². The number of aromatic amines is 1. The van der Waals surface area contributed by atoms with Crippen LogP contribution in [0.25, 0.3) is 17.0 Å². The van der Waals surface area contributed by atoms with E-state index in [4.69, 9.17) is 6.42 Å². The van der Waals surface area contributed by atoms with Crippen LogP contribution in [0.4, 0.5) is 0 Å². The molecule has 13 heavy (non-hydrogen) atoms. The van der Waals surface area contributed by atoms with Crippen LogP contribution in [0.1, 0.15) is 5.56 Å². The molecule has 1 aromatic heterocycles.